The highest BCUT2D eigenvalue weighted by atomic mass is 15.0. The molecule has 2 nitrogen and oxygen atoms in total. The number of rotatable bonds is 9. The van der Waals surface area contributed by atoms with Crippen LogP contribution in [-0.4, -0.2) is 38.6 Å². The molecule has 0 aliphatic heterocycles. The van der Waals surface area contributed by atoms with Crippen molar-refractivity contribution in [1.82, 2.24) is 10.2 Å². The van der Waals surface area contributed by atoms with Crippen LogP contribution in [0.4, 0.5) is 0 Å². The fraction of sp³-hybridized carbons (Fsp3) is 0.429. The van der Waals surface area contributed by atoms with Crippen molar-refractivity contribution < 1.29 is 0 Å². The molecule has 2 aromatic carbocycles. The fourth-order valence-electron chi connectivity index (χ4n) is 2.93. The lowest BCUT2D eigenvalue weighted by Crippen LogP contribution is -2.22. The van der Waals surface area contributed by atoms with Crippen LogP contribution in [0.25, 0.3) is 11.1 Å². The van der Waals surface area contributed by atoms with Gasteiger partial charge in [-0.15, -0.1) is 0 Å². The highest BCUT2D eigenvalue weighted by Crippen LogP contribution is 2.30. The molecule has 23 heavy (non-hydrogen) atoms. The van der Waals surface area contributed by atoms with Crippen molar-refractivity contribution in [3.63, 3.8) is 0 Å². The van der Waals surface area contributed by atoms with Crippen molar-refractivity contribution in [2.45, 2.75) is 25.7 Å². The number of hydrogen-bond donors (Lipinski definition) is 1. The normalized spacial score (nSPS) is 12.5. The largest absolute Gasteiger partial charge is 0.317 e. The van der Waals surface area contributed by atoms with E-state index in [0.29, 0.717) is 5.92 Å². The van der Waals surface area contributed by atoms with E-state index < -0.39 is 0 Å². The highest BCUT2D eigenvalue weighted by Gasteiger charge is 2.11. The van der Waals surface area contributed by atoms with E-state index in [1.165, 1.54) is 29.5 Å². The second-order valence-corrected chi connectivity index (χ2v) is 6.55. The summed E-state index contributed by atoms with van der Waals surface area (Å²) in [4.78, 5) is 2.24. The van der Waals surface area contributed by atoms with E-state index in [4.69, 9.17) is 0 Å². The topological polar surface area (TPSA) is 15.3 Å². The third-order valence-corrected chi connectivity index (χ3v) is 4.29. The minimum absolute atomic E-state index is 0.563. The van der Waals surface area contributed by atoms with E-state index in [9.17, 15) is 0 Å². The Morgan fingerprint density at radius 2 is 1.61 bits per heavy atom. The van der Waals surface area contributed by atoms with Crippen LogP contribution in [0.5, 0.6) is 0 Å². The summed E-state index contributed by atoms with van der Waals surface area (Å²) in [5.41, 5.74) is 4.14. The molecule has 0 aromatic heterocycles. The van der Waals surface area contributed by atoms with Gasteiger partial charge in [0.1, 0.15) is 0 Å². The van der Waals surface area contributed by atoms with Crippen LogP contribution in [0.3, 0.4) is 0 Å². The molecule has 0 aliphatic rings. The lowest BCUT2D eigenvalue weighted by Gasteiger charge is -2.17. The summed E-state index contributed by atoms with van der Waals surface area (Å²) in [6.45, 7) is 5.67. The molecule has 1 N–H and O–H groups in total. The summed E-state index contributed by atoms with van der Waals surface area (Å²) in [7, 11) is 4.26. The zero-order chi connectivity index (χ0) is 16.5. The van der Waals surface area contributed by atoms with Gasteiger partial charge in [-0.2, -0.15) is 0 Å². The molecule has 0 bridgehead atoms. The van der Waals surface area contributed by atoms with Crippen molar-refractivity contribution in [1.29, 1.82) is 0 Å². The number of nitrogens with zero attached hydrogens (tertiary/aromatic N) is 1. The summed E-state index contributed by atoms with van der Waals surface area (Å²) in [6.07, 6.45) is 2.38. The zero-order valence-electron chi connectivity index (χ0n) is 14.8. The van der Waals surface area contributed by atoms with Crippen LogP contribution in [0.2, 0.25) is 0 Å². The molecule has 0 saturated heterocycles. The molecule has 124 valence electrons. The molecule has 2 heteroatoms. The van der Waals surface area contributed by atoms with Gasteiger partial charge in [-0.1, -0.05) is 61.5 Å². The van der Waals surface area contributed by atoms with Gasteiger partial charge in [0.2, 0.25) is 0 Å². The Hall–Kier alpha value is -1.64. The molecule has 0 heterocycles. The molecule has 0 aliphatic carbocycles. The van der Waals surface area contributed by atoms with Crippen LogP contribution < -0.4 is 5.32 Å². The third-order valence-electron chi connectivity index (χ3n) is 4.29. The van der Waals surface area contributed by atoms with E-state index in [1.807, 2.05) is 0 Å². The SMILES string of the molecule is CC(CCNCCCN(C)C)c1ccccc1-c1ccccc1. The second-order valence-electron chi connectivity index (χ2n) is 6.55. The maximum Gasteiger partial charge on any atom is -0.00127 e. The summed E-state index contributed by atoms with van der Waals surface area (Å²) in [6, 6.07) is 19.5. The Morgan fingerprint density at radius 1 is 0.913 bits per heavy atom. The summed E-state index contributed by atoms with van der Waals surface area (Å²) >= 11 is 0. The van der Waals surface area contributed by atoms with Gasteiger partial charge in [0.05, 0.1) is 0 Å². The fourth-order valence-corrected chi connectivity index (χ4v) is 2.93. The smallest absolute Gasteiger partial charge is 0.00127 e. The average molecular weight is 310 g/mol. The minimum atomic E-state index is 0.563. The lowest BCUT2D eigenvalue weighted by atomic mass is 9.90. The van der Waals surface area contributed by atoms with E-state index in [2.05, 4.69) is 85.8 Å². The van der Waals surface area contributed by atoms with Crippen LogP contribution in [0, 0.1) is 0 Å². The van der Waals surface area contributed by atoms with Gasteiger partial charge < -0.3 is 10.2 Å². The first-order valence-corrected chi connectivity index (χ1v) is 8.68. The Labute approximate surface area is 141 Å². The van der Waals surface area contributed by atoms with E-state index in [0.717, 1.165) is 19.6 Å². The molecule has 0 fully saturated rings. The monoisotopic (exact) mass is 310 g/mol. The maximum absolute atomic E-state index is 3.57. The van der Waals surface area contributed by atoms with Gasteiger partial charge in [-0.3, -0.25) is 0 Å². The van der Waals surface area contributed by atoms with Crippen LogP contribution in [-0.2, 0) is 0 Å². The van der Waals surface area contributed by atoms with Gasteiger partial charge in [0, 0.05) is 0 Å². The van der Waals surface area contributed by atoms with Gasteiger partial charge in [0.15, 0.2) is 0 Å². The summed E-state index contributed by atoms with van der Waals surface area (Å²) in [5.74, 6) is 0.563. The number of nitrogens with one attached hydrogen (secondary N) is 1. The summed E-state index contributed by atoms with van der Waals surface area (Å²) < 4.78 is 0. The van der Waals surface area contributed by atoms with Crippen molar-refractivity contribution in [3.05, 3.63) is 60.2 Å². The van der Waals surface area contributed by atoms with Crippen molar-refractivity contribution in [2.24, 2.45) is 0 Å². The van der Waals surface area contributed by atoms with E-state index >= 15 is 0 Å². The van der Waals surface area contributed by atoms with Gasteiger partial charge in [-0.05, 0) is 69.2 Å². The first kappa shape index (κ1) is 17.7. The Bertz CT molecular complexity index is 563. The first-order chi connectivity index (χ1) is 11.2. The first-order valence-electron chi connectivity index (χ1n) is 8.68. The Morgan fingerprint density at radius 3 is 2.35 bits per heavy atom. The summed E-state index contributed by atoms with van der Waals surface area (Å²) in [5, 5.41) is 3.57. The predicted octanol–water partition coefficient (Wildman–Crippen LogP) is 4.39. The van der Waals surface area contributed by atoms with Gasteiger partial charge >= 0.3 is 0 Å². The van der Waals surface area contributed by atoms with Crippen molar-refractivity contribution >= 4 is 0 Å². The molecule has 0 saturated carbocycles. The molecule has 2 rings (SSSR count). The standard InChI is InChI=1S/C21H30N2/c1-18(14-16-22-15-9-17-23(2)3)20-12-7-8-13-21(20)19-10-5-4-6-11-19/h4-8,10-13,18,22H,9,14-17H2,1-3H3. The predicted molar refractivity (Wildman–Crippen MR) is 101 cm³/mol. The average Bonchev–Trinajstić information content (AvgIpc) is 2.58. The molecular formula is C21H30N2. The van der Waals surface area contributed by atoms with Crippen molar-refractivity contribution in [3.8, 4) is 11.1 Å². The molecule has 0 radical (unpaired) electrons. The highest BCUT2D eigenvalue weighted by molar-refractivity contribution is 5.67. The zero-order valence-corrected chi connectivity index (χ0v) is 14.8. The minimum Gasteiger partial charge on any atom is -0.317 e. The molecule has 2 aromatic rings. The molecule has 0 amide bonds. The molecule has 0 spiro atoms. The Kier molecular flexibility index (Phi) is 7.31. The van der Waals surface area contributed by atoms with Crippen molar-refractivity contribution in [2.75, 3.05) is 33.7 Å². The number of hydrogen-bond acceptors (Lipinski definition) is 2. The number of benzene rings is 2. The van der Waals surface area contributed by atoms with Crippen LogP contribution in [0.15, 0.2) is 54.6 Å². The van der Waals surface area contributed by atoms with Crippen LogP contribution in [0.1, 0.15) is 31.2 Å². The lowest BCUT2D eigenvalue weighted by molar-refractivity contribution is 0.393. The quantitative estimate of drug-likeness (QED) is 0.691. The second kappa shape index (κ2) is 9.49. The van der Waals surface area contributed by atoms with E-state index in [-0.39, 0.29) is 0 Å². The Balaban J connectivity index is 1.89. The molecule has 1 unspecified atom stereocenters. The molecular weight excluding hydrogens is 280 g/mol. The van der Waals surface area contributed by atoms with Gasteiger partial charge in [-0.25, -0.2) is 0 Å². The van der Waals surface area contributed by atoms with E-state index in [1.54, 1.807) is 0 Å². The van der Waals surface area contributed by atoms with Gasteiger partial charge in [0.25, 0.3) is 0 Å². The third kappa shape index (κ3) is 5.81. The molecule has 1 atom stereocenters. The van der Waals surface area contributed by atoms with Crippen LogP contribution >= 0.6 is 0 Å². The maximum atomic E-state index is 3.57.